The van der Waals surface area contributed by atoms with Gasteiger partial charge in [-0.15, -0.1) is 0 Å². The average Bonchev–Trinajstić information content (AvgIpc) is 3.48. The van der Waals surface area contributed by atoms with Crippen molar-refractivity contribution >= 4 is 22.8 Å². The highest BCUT2D eigenvalue weighted by Gasteiger charge is 2.23. The van der Waals surface area contributed by atoms with Crippen molar-refractivity contribution in [1.29, 1.82) is 5.26 Å². The average molecular weight is 659 g/mol. The van der Waals surface area contributed by atoms with Crippen molar-refractivity contribution < 1.29 is 20.1 Å². The van der Waals surface area contributed by atoms with Crippen LogP contribution in [0.25, 0.3) is 39.8 Å². The quantitative estimate of drug-likeness (QED) is 0.140. The molecular formula is C33H30N12O4. The Morgan fingerprint density at radius 3 is 2.37 bits per heavy atom. The molecule has 0 amide bonds. The minimum atomic E-state index is -3.32. The fourth-order valence-corrected chi connectivity index (χ4v) is 5.72. The lowest BCUT2D eigenvalue weighted by Gasteiger charge is -2.32. The van der Waals surface area contributed by atoms with Gasteiger partial charge in [-0.25, -0.2) is 29.9 Å². The molecular weight excluding hydrogens is 628 g/mol. The maximum absolute atomic E-state index is 9.10. The third-order valence-electron chi connectivity index (χ3n) is 7.99. The van der Waals surface area contributed by atoms with E-state index in [0.29, 0.717) is 39.9 Å². The number of aliphatic hydroxyl groups is 3. The molecule has 1 aromatic carbocycles. The molecule has 0 radical (unpaired) electrons. The molecule has 1 fully saturated rings. The topological polar surface area (TPSA) is 230 Å². The molecule has 6 aromatic rings. The van der Waals surface area contributed by atoms with E-state index in [4.69, 9.17) is 36.3 Å². The van der Waals surface area contributed by atoms with Crippen LogP contribution < -0.4 is 15.8 Å². The number of likely N-dealkylation sites (tertiary alicyclic amines) is 1. The van der Waals surface area contributed by atoms with Crippen molar-refractivity contribution in [3.8, 4) is 40.4 Å². The molecule has 6 heterocycles. The summed E-state index contributed by atoms with van der Waals surface area (Å²) < 4.78 is 6.50. The SMILES string of the molecule is N#Cc1nccc(NC2CCN(Cc3ccc(-n4c(-c5nccnc5N)nc5ccc(-c6ccc(OC(O)(O)O)cn6)nc54)cc3)CC2)n1. The number of fused-ring (bicyclic) bond motifs is 1. The number of nitrogens with zero attached hydrogens (tertiary/aromatic N) is 10. The molecule has 7 rings (SSSR count). The Morgan fingerprint density at radius 1 is 0.878 bits per heavy atom. The van der Waals surface area contributed by atoms with E-state index in [1.54, 1.807) is 30.6 Å². The maximum Gasteiger partial charge on any atom is 0.453 e. The van der Waals surface area contributed by atoms with Gasteiger partial charge >= 0.3 is 6.16 Å². The highest BCUT2D eigenvalue weighted by atomic mass is 16.9. The van der Waals surface area contributed by atoms with Gasteiger partial charge in [0.1, 0.15) is 28.8 Å². The number of hydrogen-bond donors (Lipinski definition) is 5. The molecule has 16 nitrogen and oxygen atoms in total. The van der Waals surface area contributed by atoms with Crippen molar-refractivity contribution in [1.82, 2.24) is 44.4 Å². The third kappa shape index (κ3) is 7.10. The maximum atomic E-state index is 9.10. The van der Waals surface area contributed by atoms with E-state index >= 15 is 0 Å². The number of nitrogens with two attached hydrogens (primary N) is 1. The van der Waals surface area contributed by atoms with Crippen molar-refractivity contribution in [2.75, 3.05) is 24.1 Å². The van der Waals surface area contributed by atoms with Crippen LogP contribution in [0.2, 0.25) is 0 Å². The number of benzene rings is 1. The molecule has 6 N–H and O–H groups in total. The molecule has 0 saturated carbocycles. The standard InChI is InChI=1S/C33H30N12O4/c34-17-28-36-12-9-27(43-28)40-21-10-15-44(16-11-21)19-20-1-3-22(4-2-20)45-31-26(42-32(45)29-30(35)38-14-13-37-29)8-7-25(41-31)24-6-5-23(18-39-24)49-33(46,47)48/h1-9,12-14,18,21,46-48H,10-11,15-16,19H2,(H2,35,38)(H,36,40,43). The first-order valence-electron chi connectivity index (χ1n) is 15.3. The van der Waals surface area contributed by atoms with E-state index in [1.165, 1.54) is 18.5 Å². The predicted octanol–water partition coefficient (Wildman–Crippen LogP) is 2.23. The summed E-state index contributed by atoms with van der Waals surface area (Å²) in [4.78, 5) is 33.3. The second-order valence-corrected chi connectivity index (χ2v) is 11.4. The highest BCUT2D eigenvalue weighted by Crippen LogP contribution is 2.31. The second-order valence-electron chi connectivity index (χ2n) is 11.4. The van der Waals surface area contributed by atoms with Gasteiger partial charge in [-0.3, -0.25) is 14.5 Å². The molecule has 1 aliphatic heterocycles. The zero-order valence-electron chi connectivity index (χ0n) is 25.9. The predicted molar refractivity (Wildman–Crippen MR) is 176 cm³/mol. The Kier molecular flexibility index (Phi) is 8.46. The number of ether oxygens (including phenoxy) is 1. The zero-order valence-corrected chi connectivity index (χ0v) is 25.9. The minimum absolute atomic E-state index is 0.0544. The van der Waals surface area contributed by atoms with Gasteiger partial charge in [0.25, 0.3) is 0 Å². The molecule has 0 spiro atoms. The molecule has 16 heteroatoms. The highest BCUT2D eigenvalue weighted by molar-refractivity contribution is 5.83. The summed E-state index contributed by atoms with van der Waals surface area (Å²) in [5, 5.41) is 39.8. The van der Waals surface area contributed by atoms with Crippen molar-refractivity contribution in [3.05, 3.63) is 90.8 Å². The first-order valence-corrected chi connectivity index (χ1v) is 15.3. The van der Waals surface area contributed by atoms with E-state index in [9.17, 15) is 0 Å². The van der Waals surface area contributed by atoms with Gasteiger partial charge in [0.05, 0.1) is 17.6 Å². The van der Waals surface area contributed by atoms with Crippen LogP contribution in [0.15, 0.2) is 79.4 Å². The number of piperidine rings is 1. The molecule has 1 aliphatic rings. The summed E-state index contributed by atoms with van der Waals surface area (Å²) in [5.41, 5.74) is 10.7. The van der Waals surface area contributed by atoms with Crippen molar-refractivity contribution in [2.45, 2.75) is 31.6 Å². The molecule has 0 aliphatic carbocycles. The number of imidazole rings is 1. The number of nitrogens with one attached hydrogen (secondary N) is 1. The van der Waals surface area contributed by atoms with E-state index in [-0.39, 0.29) is 23.4 Å². The third-order valence-corrected chi connectivity index (χ3v) is 7.99. The van der Waals surface area contributed by atoms with Gasteiger partial charge in [0, 0.05) is 50.0 Å². The van der Waals surface area contributed by atoms with E-state index in [1.807, 2.05) is 28.8 Å². The minimum Gasteiger partial charge on any atom is -0.415 e. The van der Waals surface area contributed by atoms with E-state index in [2.05, 4.69) is 52.0 Å². The van der Waals surface area contributed by atoms with E-state index < -0.39 is 6.16 Å². The molecule has 5 aromatic heterocycles. The fourth-order valence-electron chi connectivity index (χ4n) is 5.72. The number of nitrogen functional groups attached to an aromatic ring is 1. The van der Waals surface area contributed by atoms with Crippen LogP contribution in [0, 0.1) is 11.3 Å². The van der Waals surface area contributed by atoms with Crippen LogP contribution in [-0.4, -0.2) is 85.0 Å². The number of hydrogen-bond acceptors (Lipinski definition) is 15. The zero-order chi connectivity index (χ0) is 34.0. The van der Waals surface area contributed by atoms with Crippen LogP contribution in [0.1, 0.15) is 24.2 Å². The van der Waals surface area contributed by atoms with Gasteiger partial charge in [0.15, 0.2) is 17.3 Å². The summed E-state index contributed by atoms with van der Waals surface area (Å²) in [6, 6.07) is 18.8. The fraction of sp³-hybridized carbons (Fsp3) is 0.212. The van der Waals surface area contributed by atoms with Gasteiger partial charge in [-0.1, -0.05) is 12.1 Å². The summed E-state index contributed by atoms with van der Waals surface area (Å²) in [6.45, 7) is 2.60. The number of rotatable bonds is 9. The van der Waals surface area contributed by atoms with Crippen molar-refractivity contribution in [2.24, 2.45) is 0 Å². The summed E-state index contributed by atoms with van der Waals surface area (Å²) in [7, 11) is 0. The second kappa shape index (κ2) is 13.2. The first-order chi connectivity index (χ1) is 23.7. The Labute approximate surface area is 279 Å². The van der Waals surface area contributed by atoms with Crippen molar-refractivity contribution in [3.63, 3.8) is 0 Å². The Balaban J connectivity index is 1.13. The monoisotopic (exact) mass is 658 g/mol. The van der Waals surface area contributed by atoms with Crippen LogP contribution >= 0.6 is 0 Å². The Hall–Kier alpha value is -6.12. The molecule has 1 saturated heterocycles. The summed E-state index contributed by atoms with van der Waals surface area (Å²) in [5.74, 6) is 1.46. The van der Waals surface area contributed by atoms with Crippen LogP contribution in [0.3, 0.4) is 0 Å². The van der Waals surface area contributed by atoms with Crippen LogP contribution in [0.4, 0.5) is 11.6 Å². The van der Waals surface area contributed by atoms with E-state index in [0.717, 1.165) is 43.7 Å². The van der Waals surface area contributed by atoms with Gasteiger partial charge in [-0.05, 0) is 60.9 Å². The van der Waals surface area contributed by atoms with Gasteiger partial charge < -0.3 is 31.1 Å². The molecule has 246 valence electrons. The van der Waals surface area contributed by atoms with Crippen LogP contribution in [0.5, 0.6) is 5.75 Å². The first kappa shape index (κ1) is 31.5. The lowest BCUT2D eigenvalue weighted by molar-refractivity contribution is -0.419. The Morgan fingerprint density at radius 2 is 1.65 bits per heavy atom. The number of anilines is 2. The number of nitriles is 1. The smallest absolute Gasteiger partial charge is 0.415 e. The van der Waals surface area contributed by atoms with Crippen LogP contribution in [-0.2, 0) is 6.54 Å². The lowest BCUT2D eigenvalue weighted by atomic mass is 10.0. The molecule has 0 atom stereocenters. The largest absolute Gasteiger partial charge is 0.453 e. The number of aromatic nitrogens is 8. The number of pyridine rings is 2. The Bertz CT molecular complexity index is 2140. The molecule has 49 heavy (non-hydrogen) atoms. The normalized spacial score (nSPS) is 14.1. The summed E-state index contributed by atoms with van der Waals surface area (Å²) in [6.07, 6.45) is 4.47. The molecule has 0 bridgehead atoms. The van der Waals surface area contributed by atoms with Gasteiger partial charge in [-0.2, -0.15) is 5.26 Å². The summed E-state index contributed by atoms with van der Waals surface area (Å²) >= 11 is 0. The molecule has 0 unspecified atom stereocenters. The van der Waals surface area contributed by atoms with Gasteiger partial charge in [0.2, 0.25) is 5.82 Å². The lowest BCUT2D eigenvalue weighted by Crippen LogP contribution is -2.38.